The summed E-state index contributed by atoms with van der Waals surface area (Å²) in [6.07, 6.45) is 0.204. The first-order valence-electron chi connectivity index (χ1n) is 13.6. The third-order valence-corrected chi connectivity index (χ3v) is 8.32. The third kappa shape index (κ3) is 9.98. The topological polar surface area (TPSA) is 116 Å². The summed E-state index contributed by atoms with van der Waals surface area (Å²) >= 11 is 0. The molecule has 10 heteroatoms. The molecule has 0 heterocycles. The molecule has 3 aromatic rings. The summed E-state index contributed by atoms with van der Waals surface area (Å²) in [5.74, 6) is -3.32. The van der Waals surface area contributed by atoms with Gasteiger partial charge in [-0.05, 0) is 48.2 Å². The van der Waals surface area contributed by atoms with Gasteiger partial charge < -0.3 is 19.1 Å². The number of ether oxygens (including phenoxy) is 3. The Morgan fingerprint density at radius 3 is 2.29 bits per heavy atom. The van der Waals surface area contributed by atoms with Crippen LogP contribution in [0.25, 0.3) is 10.8 Å². The minimum Gasteiger partial charge on any atom is -0.465 e. The highest BCUT2D eigenvalue weighted by Crippen LogP contribution is 2.24. The molecule has 0 aliphatic heterocycles. The molecule has 0 saturated heterocycles. The van der Waals surface area contributed by atoms with Crippen LogP contribution in [0.1, 0.15) is 31.7 Å². The van der Waals surface area contributed by atoms with Crippen molar-refractivity contribution in [2.24, 2.45) is 5.92 Å². The number of benzene rings is 3. The van der Waals surface area contributed by atoms with Gasteiger partial charge in [0.2, 0.25) is 5.91 Å². The number of sulfone groups is 1. The Hall–Kier alpha value is -3.76. The maximum absolute atomic E-state index is 13.8. The minimum absolute atomic E-state index is 0.0666. The second kappa shape index (κ2) is 15.9. The van der Waals surface area contributed by atoms with Crippen molar-refractivity contribution in [2.75, 3.05) is 39.2 Å². The number of hydrogen-bond acceptors (Lipinski definition) is 8. The van der Waals surface area contributed by atoms with Crippen molar-refractivity contribution in [3.63, 3.8) is 0 Å². The maximum Gasteiger partial charge on any atom is 0.325 e. The Labute approximate surface area is 241 Å². The predicted octanol–water partition coefficient (Wildman–Crippen LogP) is 4.18. The molecule has 0 radical (unpaired) electrons. The summed E-state index contributed by atoms with van der Waals surface area (Å²) in [5.41, 5.74) is 0.811. The summed E-state index contributed by atoms with van der Waals surface area (Å²) in [6.45, 7) is 2.05. The van der Waals surface area contributed by atoms with Crippen molar-refractivity contribution in [3.8, 4) is 0 Å². The molecule has 0 saturated carbocycles. The van der Waals surface area contributed by atoms with Gasteiger partial charge in [-0.2, -0.15) is 0 Å². The van der Waals surface area contributed by atoms with Crippen LogP contribution in [0.2, 0.25) is 0 Å². The van der Waals surface area contributed by atoms with E-state index in [0.717, 1.165) is 16.3 Å². The Morgan fingerprint density at radius 2 is 1.59 bits per heavy atom. The van der Waals surface area contributed by atoms with Crippen LogP contribution in [0.15, 0.2) is 77.7 Å². The Bertz CT molecular complexity index is 1410. The number of carbonyl (C=O) groups is 3. The molecule has 41 heavy (non-hydrogen) atoms. The number of rotatable bonds is 16. The zero-order chi connectivity index (χ0) is 29.7. The lowest BCUT2D eigenvalue weighted by molar-refractivity contribution is -0.151. The standard InChI is InChI=1S/C31H37NO8S/c1-3-39-30(34)21-32(18-9-19-38-2)31(35)27(15-17-29(33)40-22-24-10-5-4-6-11-24)23-41(36,37)28-16-14-25-12-7-8-13-26(25)20-28/h4-8,10-14,16,20,27H,3,9,15,17-19,21-23H2,1-2H3. The van der Waals surface area contributed by atoms with Gasteiger partial charge in [-0.3, -0.25) is 14.4 Å². The molecule has 1 unspecified atom stereocenters. The lowest BCUT2D eigenvalue weighted by Gasteiger charge is -2.26. The third-order valence-electron chi connectivity index (χ3n) is 6.50. The highest BCUT2D eigenvalue weighted by molar-refractivity contribution is 7.91. The van der Waals surface area contributed by atoms with Crippen molar-refractivity contribution < 1.29 is 37.0 Å². The van der Waals surface area contributed by atoms with E-state index in [0.29, 0.717) is 13.0 Å². The normalized spacial score (nSPS) is 12.0. The second-order valence-corrected chi connectivity index (χ2v) is 11.6. The number of fused-ring (bicyclic) bond motifs is 1. The fraction of sp³-hybridized carbons (Fsp3) is 0.387. The van der Waals surface area contributed by atoms with Crippen molar-refractivity contribution in [3.05, 3.63) is 78.4 Å². The van der Waals surface area contributed by atoms with E-state index in [1.54, 1.807) is 19.1 Å². The first-order valence-corrected chi connectivity index (χ1v) is 15.2. The van der Waals surface area contributed by atoms with Crippen molar-refractivity contribution in [1.29, 1.82) is 0 Å². The van der Waals surface area contributed by atoms with Crippen LogP contribution in [0, 0.1) is 5.92 Å². The molecule has 3 rings (SSSR count). The number of esters is 2. The zero-order valence-electron chi connectivity index (χ0n) is 23.5. The second-order valence-electron chi connectivity index (χ2n) is 9.58. The molecular formula is C31H37NO8S. The summed E-state index contributed by atoms with van der Waals surface area (Å²) in [5, 5.41) is 1.64. The van der Waals surface area contributed by atoms with Gasteiger partial charge in [-0.25, -0.2) is 8.42 Å². The van der Waals surface area contributed by atoms with Crippen molar-refractivity contribution >= 4 is 38.5 Å². The van der Waals surface area contributed by atoms with E-state index in [2.05, 4.69) is 0 Å². The van der Waals surface area contributed by atoms with Crippen LogP contribution in [-0.2, 0) is 45.0 Å². The lowest BCUT2D eigenvalue weighted by atomic mass is 10.0. The molecule has 3 aromatic carbocycles. The predicted molar refractivity (Wildman–Crippen MR) is 155 cm³/mol. The van der Waals surface area contributed by atoms with Crippen LogP contribution in [0.5, 0.6) is 0 Å². The fourth-order valence-electron chi connectivity index (χ4n) is 4.39. The van der Waals surface area contributed by atoms with Crippen molar-refractivity contribution in [1.82, 2.24) is 4.90 Å². The van der Waals surface area contributed by atoms with E-state index < -0.39 is 39.4 Å². The van der Waals surface area contributed by atoms with Crippen molar-refractivity contribution in [2.45, 2.75) is 37.7 Å². The quantitative estimate of drug-likeness (QED) is 0.182. The first kappa shape index (κ1) is 31.8. The molecule has 9 nitrogen and oxygen atoms in total. The zero-order valence-corrected chi connectivity index (χ0v) is 24.3. The molecule has 1 atom stereocenters. The van der Waals surface area contributed by atoms with E-state index in [1.807, 2.05) is 54.6 Å². The summed E-state index contributed by atoms with van der Waals surface area (Å²) in [7, 11) is -2.41. The monoisotopic (exact) mass is 583 g/mol. The van der Waals surface area contributed by atoms with E-state index in [1.165, 1.54) is 18.1 Å². The van der Waals surface area contributed by atoms with Crippen LogP contribution in [-0.4, -0.2) is 70.3 Å². The maximum atomic E-state index is 13.8. The number of nitrogens with zero attached hydrogens (tertiary/aromatic N) is 1. The van der Waals surface area contributed by atoms with Gasteiger partial charge in [0.25, 0.3) is 0 Å². The number of amides is 1. The van der Waals surface area contributed by atoms with E-state index in [9.17, 15) is 22.8 Å². The highest BCUT2D eigenvalue weighted by Gasteiger charge is 2.32. The smallest absolute Gasteiger partial charge is 0.325 e. The molecule has 0 aliphatic rings. The number of hydrogen-bond donors (Lipinski definition) is 0. The SMILES string of the molecule is CCOC(=O)CN(CCCOC)C(=O)C(CCC(=O)OCc1ccccc1)CS(=O)(=O)c1ccc2ccccc2c1. The van der Waals surface area contributed by atoms with Gasteiger partial charge >= 0.3 is 11.9 Å². The average molecular weight is 584 g/mol. The van der Waals surface area contributed by atoms with Crippen LogP contribution < -0.4 is 0 Å². The fourth-order valence-corrected chi connectivity index (χ4v) is 6.00. The van der Waals surface area contributed by atoms with Gasteiger partial charge in [0.05, 0.1) is 23.2 Å². The molecule has 0 bridgehead atoms. The molecule has 220 valence electrons. The molecule has 0 spiro atoms. The van der Waals surface area contributed by atoms with Crippen LogP contribution >= 0.6 is 0 Å². The van der Waals surface area contributed by atoms with E-state index in [4.69, 9.17) is 14.2 Å². The van der Waals surface area contributed by atoms with Gasteiger partial charge in [0.15, 0.2) is 9.84 Å². The van der Waals surface area contributed by atoms with Crippen LogP contribution in [0.3, 0.4) is 0 Å². The largest absolute Gasteiger partial charge is 0.465 e. The molecular weight excluding hydrogens is 546 g/mol. The van der Waals surface area contributed by atoms with Gasteiger partial charge in [0.1, 0.15) is 13.2 Å². The lowest BCUT2D eigenvalue weighted by Crippen LogP contribution is -2.43. The van der Waals surface area contributed by atoms with E-state index >= 15 is 0 Å². The van der Waals surface area contributed by atoms with Crippen LogP contribution in [0.4, 0.5) is 0 Å². The molecule has 0 aliphatic carbocycles. The summed E-state index contributed by atoms with van der Waals surface area (Å²) < 4.78 is 42.6. The summed E-state index contributed by atoms with van der Waals surface area (Å²) in [4.78, 5) is 40.0. The Morgan fingerprint density at radius 1 is 0.878 bits per heavy atom. The number of methoxy groups -OCH3 is 1. The molecule has 0 aromatic heterocycles. The Kier molecular flexibility index (Phi) is 12.3. The molecule has 1 amide bonds. The number of carbonyl (C=O) groups excluding carboxylic acids is 3. The molecule has 0 fully saturated rings. The summed E-state index contributed by atoms with van der Waals surface area (Å²) in [6, 6.07) is 21.4. The average Bonchev–Trinajstić information content (AvgIpc) is 2.97. The van der Waals surface area contributed by atoms with Gasteiger partial charge in [-0.1, -0.05) is 60.7 Å². The van der Waals surface area contributed by atoms with E-state index in [-0.39, 0.29) is 44.0 Å². The van der Waals surface area contributed by atoms with Gasteiger partial charge in [0, 0.05) is 26.7 Å². The van der Waals surface area contributed by atoms with Gasteiger partial charge in [-0.15, -0.1) is 0 Å². The Balaban J connectivity index is 1.82. The first-order chi connectivity index (χ1) is 19.7. The minimum atomic E-state index is -3.94. The highest BCUT2D eigenvalue weighted by atomic mass is 32.2. The molecule has 0 N–H and O–H groups in total.